The van der Waals surface area contributed by atoms with Gasteiger partial charge in [-0.1, -0.05) is 6.92 Å². The summed E-state index contributed by atoms with van der Waals surface area (Å²) in [4.78, 5) is 43.4. The first-order valence-electron chi connectivity index (χ1n) is 10.7. The van der Waals surface area contributed by atoms with Gasteiger partial charge in [-0.25, -0.2) is 13.6 Å². The third kappa shape index (κ3) is 4.29. The van der Waals surface area contributed by atoms with Gasteiger partial charge in [0.2, 0.25) is 0 Å². The molecule has 0 N–H and O–H groups in total. The molecule has 2 aromatic rings. The molecule has 2 aliphatic carbocycles. The summed E-state index contributed by atoms with van der Waals surface area (Å²) in [5.74, 6) is -3.96. The Labute approximate surface area is 187 Å². The molecule has 2 aromatic heterocycles. The van der Waals surface area contributed by atoms with Crippen LogP contribution in [-0.4, -0.2) is 39.4 Å². The van der Waals surface area contributed by atoms with Crippen molar-refractivity contribution in [3.8, 4) is 0 Å². The molecule has 32 heavy (non-hydrogen) atoms. The first kappa shape index (κ1) is 22.8. The molecule has 2 fully saturated rings. The van der Waals surface area contributed by atoms with Crippen LogP contribution in [0, 0.1) is 18.8 Å². The Balaban J connectivity index is 1.74. The fourth-order valence-electron chi connectivity index (χ4n) is 3.89. The van der Waals surface area contributed by atoms with Crippen molar-refractivity contribution in [2.45, 2.75) is 71.6 Å². The highest BCUT2D eigenvalue weighted by atomic mass is 32.1. The first-order valence-corrected chi connectivity index (χ1v) is 11.5. The van der Waals surface area contributed by atoms with Gasteiger partial charge < -0.3 is 4.74 Å². The van der Waals surface area contributed by atoms with Crippen molar-refractivity contribution in [2.24, 2.45) is 16.8 Å². The van der Waals surface area contributed by atoms with E-state index >= 15 is 0 Å². The first-order chi connectivity index (χ1) is 14.8. The Morgan fingerprint density at radius 1 is 1.34 bits per heavy atom. The molecule has 1 unspecified atom stereocenters. The summed E-state index contributed by atoms with van der Waals surface area (Å²) in [6.45, 7) is 8.68. The van der Waals surface area contributed by atoms with Crippen molar-refractivity contribution in [1.82, 2.24) is 9.13 Å². The number of carbonyl (C=O) groups excluding carboxylic acids is 1. The fourth-order valence-corrected chi connectivity index (χ4v) is 5.08. The van der Waals surface area contributed by atoms with Crippen LogP contribution in [-0.2, 0) is 16.1 Å². The number of esters is 1. The average Bonchev–Trinajstić information content (AvgIpc) is 3.47. The van der Waals surface area contributed by atoms with Crippen LogP contribution in [0.3, 0.4) is 0 Å². The van der Waals surface area contributed by atoms with Crippen molar-refractivity contribution >= 4 is 33.7 Å². The van der Waals surface area contributed by atoms with Crippen LogP contribution in [0.1, 0.15) is 57.0 Å². The smallest absolute Gasteiger partial charge is 0.332 e. The van der Waals surface area contributed by atoms with E-state index in [-0.39, 0.29) is 31.5 Å². The zero-order valence-electron chi connectivity index (χ0n) is 18.8. The molecule has 2 heterocycles. The summed E-state index contributed by atoms with van der Waals surface area (Å²) in [5.41, 5.74) is -0.912. The zero-order valence-corrected chi connectivity index (χ0v) is 19.6. The molecule has 4 rings (SSSR count). The Bertz CT molecular complexity index is 1230. The number of alkyl halides is 2. The quantitative estimate of drug-likeness (QED) is 0.481. The third-order valence-corrected chi connectivity index (χ3v) is 7.14. The number of fused-ring (bicyclic) bond motifs is 1. The molecule has 0 bridgehead atoms. The van der Waals surface area contributed by atoms with Gasteiger partial charge in [0.1, 0.15) is 17.0 Å². The van der Waals surface area contributed by atoms with Gasteiger partial charge >= 0.3 is 11.7 Å². The molecule has 0 amide bonds. The summed E-state index contributed by atoms with van der Waals surface area (Å²) in [6, 6.07) is -0.200. The maximum atomic E-state index is 13.6. The lowest BCUT2D eigenvalue weighted by atomic mass is 10.2. The Hall–Kier alpha value is -2.36. The number of ether oxygens (including phenoxy) is 1. The number of hydrogen-bond donors (Lipinski definition) is 0. The summed E-state index contributed by atoms with van der Waals surface area (Å²) in [7, 11) is 0. The molecule has 0 spiro atoms. The SMILES string of the molecule is Cc1c(C=NCC(=O)OC(C)(C)C)sc2c1c(=O)n([C@H]1C[C@@H]1C)c(=O)n2CC1CC1(F)F. The highest BCUT2D eigenvalue weighted by molar-refractivity contribution is 7.20. The van der Waals surface area contributed by atoms with E-state index in [0.717, 1.165) is 11.3 Å². The average molecular weight is 468 g/mol. The van der Waals surface area contributed by atoms with E-state index in [2.05, 4.69) is 4.99 Å². The summed E-state index contributed by atoms with van der Waals surface area (Å²) in [6.07, 6.45) is 1.94. The Kier molecular flexibility index (Phi) is 5.42. The summed E-state index contributed by atoms with van der Waals surface area (Å²) < 4.78 is 35.0. The van der Waals surface area contributed by atoms with E-state index < -0.39 is 34.7 Å². The predicted octanol–water partition coefficient (Wildman–Crippen LogP) is 3.53. The van der Waals surface area contributed by atoms with Crippen molar-refractivity contribution in [1.29, 1.82) is 0 Å². The van der Waals surface area contributed by atoms with Crippen molar-refractivity contribution < 1.29 is 18.3 Å². The Morgan fingerprint density at radius 2 is 1.97 bits per heavy atom. The standard InChI is InChI=1S/C22H27F2N3O4S/c1-11-6-14(11)27-18(29)17-12(2)15(8-25-9-16(28)31-21(3,4)5)32-19(17)26(20(27)30)10-13-7-22(13,23)24/h8,11,13-14H,6-7,9-10H2,1-5H3/t11-,13?,14-/m0/s1. The molecule has 3 atom stereocenters. The largest absolute Gasteiger partial charge is 0.459 e. The molecule has 174 valence electrons. The normalized spacial score (nSPS) is 24.3. The van der Waals surface area contributed by atoms with Crippen LogP contribution < -0.4 is 11.2 Å². The number of aryl methyl sites for hydroxylation is 1. The lowest BCUT2D eigenvalue weighted by molar-refractivity contribution is -0.152. The van der Waals surface area contributed by atoms with E-state index in [0.29, 0.717) is 27.1 Å². The molecule has 0 aromatic carbocycles. The second-order valence-electron chi connectivity index (χ2n) is 9.84. The number of halogens is 2. The van der Waals surface area contributed by atoms with Crippen LogP contribution >= 0.6 is 11.3 Å². The number of aromatic nitrogens is 2. The number of thiophene rings is 1. The maximum Gasteiger partial charge on any atom is 0.332 e. The number of carbonyl (C=O) groups is 1. The minimum Gasteiger partial charge on any atom is -0.459 e. The van der Waals surface area contributed by atoms with Gasteiger partial charge in [-0.15, -0.1) is 11.3 Å². The molecular weight excluding hydrogens is 440 g/mol. The Morgan fingerprint density at radius 3 is 2.50 bits per heavy atom. The molecular formula is C22H27F2N3O4S. The number of nitrogens with zero attached hydrogens (tertiary/aromatic N) is 3. The monoisotopic (exact) mass is 467 g/mol. The van der Waals surface area contributed by atoms with Gasteiger partial charge in [0.25, 0.3) is 11.5 Å². The lowest BCUT2D eigenvalue weighted by Crippen LogP contribution is -2.40. The second kappa shape index (κ2) is 7.60. The van der Waals surface area contributed by atoms with Gasteiger partial charge in [-0.3, -0.25) is 23.7 Å². The number of aliphatic imine (C=N–C) groups is 1. The van der Waals surface area contributed by atoms with Crippen molar-refractivity contribution in [3.63, 3.8) is 0 Å². The summed E-state index contributed by atoms with van der Waals surface area (Å²) in [5, 5.41) is 0.358. The van der Waals surface area contributed by atoms with Crippen LogP contribution in [0.25, 0.3) is 10.2 Å². The van der Waals surface area contributed by atoms with Crippen LogP contribution in [0.2, 0.25) is 0 Å². The van der Waals surface area contributed by atoms with Crippen LogP contribution in [0.5, 0.6) is 0 Å². The van der Waals surface area contributed by atoms with Gasteiger partial charge in [-0.05, 0) is 45.6 Å². The minimum absolute atomic E-state index is 0.127. The fraction of sp³-hybridized carbons (Fsp3) is 0.636. The topological polar surface area (TPSA) is 82.7 Å². The van der Waals surface area contributed by atoms with Crippen molar-refractivity contribution in [2.75, 3.05) is 6.54 Å². The van der Waals surface area contributed by atoms with Crippen LogP contribution in [0.4, 0.5) is 8.78 Å². The van der Waals surface area contributed by atoms with Gasteiger partial charge in [0.05, 0.1) is 10.3 Å². The predicted molar refractivity (Wildman–Crippen MR) is 119 cm³/mol. The molecule has 2 aliphatic rings. The van der Waals surface area contributed by atoms with Crippen LogP contribution in [0.15, 0.2) is 14.6 Å². The summed E-state index contributed by atoms with van der Waals surface area (Å²) >= 11 is 1.16. The molecule has 0 saturated heterocycles. The van der Waals surface area contributed by atoms with Gasteiger partial charge in [-0.2, -0.15) is 0 Å². The minimum atomic E-state index is -2.77. The molecule has 7 nitrogen and oxygen atoms in total. The molecule has 10 heteroatoms. The molecule has 0 radical (unpaired) electrons. The van der Waals surface area contributed by atoms with Crippen molar-refractivity contribution in [3.05, 3.63) is 31.3 Å². The van der Waals surface area contributed by atoms with E-state index in [9.17, 15) is 23.2 Å². The van der Waals surface area contributed by atoms with E-state index in [1.807, 2.05) is 6.92 Å². The van der Waals surface area contributed by atoms with E-state index in [4.69, 9.17) is 4.74 Å². The number of hydrogen-bond acceptors (Lipinski definition) is 6. The van der Waals surface area contributed by atoms with Gasteiger partial charge in [0, 0.05) is 31.1 Å². The molecule has 0 aliphatic heterocycles. The highest BCUT2D eigenvalue weighted by Crippen LogP contribution is 2.49. The highest BCUT2D eigenvalue weighted by Gasteiger charge is 2.57. The third-order valence-electron chi connectivity index (χ3n) is 5.89. The van der Waals surface area contributed by atoms with E-state index in [1.165, 1.54) is 15.3 Å². The zero-order chi connectivity index (χ0) is 23.6. The van der Waals surface area contributed by atoms with Gasteiger partial charge in [0.15, 0.2) is 0 Å². The number of rotatable bonds is 6. The second-order valence-corrected chi connectivity index (χ2v) is 10.9. The molecule has 2 saturated carbocycles. The lowest BCUT2D eigenvalue weighted by Gasteiger charge is -2.18. The van der Waals surface area contributed by atoms with E-state index in [1.54, 1.807) is 27.7 Å². The maximum absolute atomic E-state index is 13.6.